The fraction of sp³-hybridized carbons (Fsp3) is 0.111. The molecule has 1 N–H and O–H groups in total. The average molecular weight is 178 g/mol. The molecule has 0 aliphatic heterocycles. The summed E-state index contributed by atoms with van der Waals surface area (Å²) in [6.07, 6.45) is 0. The van der Waals surface area contributed by atoms with Gasteiger partial charge in [-0.15, -0.1) is 0 Å². The van der Waals surface area contributed by atoms with Crippen LogP contribution in [0.5, 0.6) is 0 Å². The number of hydrazone groups is 1. The molecule has 4 heteroatoms. The lowest BCUT2D eigenvalue weighted by atomic mass is 10.2. The fourth-order valence-corrected chi connectivity index (χ4v) is 0.901. The van der Waals surface area contributed by atoms with Crippen molar-refractivity contribution in [2.24, 2.45) is 5.10 Å². The first-order valence-corrected chi connectivity index (χ1v) is 3.69. The number of aromatic carboxylic acids is 1. The van der Waals surface area contributed by atoms with E-state index in [1.54, 1.807) is 24.2 Å². The third-order valence-corrected chi connectivity index (χ3v) is 1.70. The van der Waals surface area contributed by atoms with Crippen molar-refractivity contribution in [1.29, 1.82) is 0 Å². The zero-order valence-corrected chi connectivity index (χ0v) is 7.27. The number of carbonyl (C=O) groups is 1. The van der Waals surface area contributed by atoms with Crippen molar-refractivity contribution < 1.29 is 9.90 Å². The molecular formula is C9H10N2O2. The Bertz CT molecular complexity index is 319. The Labute approximate surface area is 76.1 Å². The monoisotopic (exact) mass is 178 g/mol. The van der Waals surface area contributed by atoms with Crippen molar-refractivity contribution in [3.8, 4) is 0 Å². The summed E-state index contributed by atoms with van der Waals surface area (Å²) < 4.78 is 0. The standard InChI is InChI=1S/C9H10N2O2/c1-10-11(2)8-5-3-7(4-6-8)9(12)13/h3-6H,1H2,2H3,(H,12,13). The van der Waals surface area contributed by atoms with Crippen LogP contribution in [-0.4, -0.2) is 24.8 Å². The molecule has 1 aromatic carbocycles. The van der Waals surface area contributed by atoms with Gasteiger partial charge in [-0.2, -0.15) is 5.10 Å². The van der Waals surface area contributed by atoms with Crippen LogP contribution < -0.4 is 5.01 Å². The number of carboxylic acid groups (broad SMARTS) is 1. The summed E-state index contributed by atoms with van der Waals surface area (Å²) >= 11 is 0. The van der Waals surface area contributed by atoms with Gasteiger partial charge in [-0.25, -0.2) is 4.79 Å². The molecule has 4 nitrogen and oxygen atoms in total. The zero-order valence-electron chi connectivity index (χ0n) is 7.27. The minimum atomic E-state index is -0.930. The molecule has 0 bridgehead atoms. The second-order valence-corrected chi connectivity index (χ2v) is 2.52. The zero-order chi connectivity index (χ0) is 9.84. The highest BCUT2D eigenvalue weighted by Crippen LogP contribution is 2.13. The minimum Gasteiger partial charge on any atom is -0.478 e. The first kappa shape index (κ1) is 9.25. The van der Waals surface area contributed by atoms with E-state index in [0.29, 0.717) is 0 Å². The van der Waals surface area contributed by atoms with E-state index in [4.69, 9.17) is 5.11 Å². The summed E-state index contributed by atoms with van der Waals surface area (Å²) in [4.78, 5) is 10.5. The van der Waals surface area contributed by atoms with E-state index in [1.165, 1.54) is 12.1 Å². The van der Waals surface area contributed by atoms with Gasteiger partial charge in [0.25, 0.3) is 0 Å². The molecule has 0 aliphatic rings. The highest BCUT2D eigenvalue weighted by atomic mass is 16.4. The topological polar surface area (TPSA) is 52.9 Å². The molecule has 0 aliphatic carbocycles. The Morgan fingerprint density at radius 3 is 2.38 bits per heavy atom. The van der Waals surface area contributed by atoms with Gasteiger partial charge < -0.3 is 5.11 Å². The lowest BCUT2D eigenvalue weighted by Crippen LogP contribution is -2.07. The Kier molecular flexibility index (Phi) is 2.64. The molecule has 0 fully saturated rings. The molecule has 68 valence electrons. The highest BCUT2D eigenvalue weighted by molar-refractivity contribution is 5.88. The number of carboxylic acids is 1. The Morgan fingerprint density at radius 2 is 2.00 bits per heavy atom. The predicted octanol–water partition coefficient (Wildman–Crippen LogP) is 1.44. The molecule has 0 heterocycles. The molecule has 0 radical (unpaired) electrons. The number of rotatable bonds is 3. The van der Waals surface area contributed by atoms with Crippen LogP contribution in [-0.2, 0) is 0 Å². The number of nitrogens with zero attached hydrogens (tertiary/aromatic N) is 2. The third kappa shape index (κ3) is 2.05. The van der Waals surface area contributed by atoms with Crippen LogP contribution in [0.15, 0.2) is 29.4 Å². The van der Waals surface area contributed by atoms with Crippen molar-refractivity contribution in [2.75, 3.05) is 12.1 Å². The van der Waals surface area contributed by atoms with Crippen molar-refractivity contribution in [3.63, 3.8) is 0 Å². The normalized spacial score (nSPS) is 9.31. The first-order chi connectivity index (χ1) is 6.15. The molecule has 0 amide bonds. The van der Waals surface area contributed by atoms with E-state index in [-0.39, 0.29) is 5.56 Å². The number of hydrogen-bond donors (Lipinski definition) is 1. The van der Waals surface area contributed by atoms with Crippen LogP contribution in [0.4, 0.5) is 5.69 Å². The van der Waals surface area contributed by atoms with Gasteiger partial charge in [0.1, 0.15) is 0 Å². The summed E-state index contributed by atoms with van der Waals surface area (Å²) in [7, 11) is 1.74. The lowest BCUT2D eigenvalue weighted by Gasteiger charge is -2.11. The van der Waals surface area contributed by atoms with Gasteiger partial charge in [0.2, 0.25) is 0 Å². The predicted molar refractivity (Wildman–Crippen MR) is 51.4 cm³/mol. The maximum Gasteiger partial charge on any atom is 0.335 e. The van der Waals surface area contributed by atoms with Gasteiger partial charge in [0.05, 0.1) is 11.3 Å². The molecule has 1 aromatic rings. The van der Waals surface area contributed by atoms with Gasteiger partial charge in [0.15, 0.2) is 0 Å². The molecule has 0 atom stereocenters. The van der Waals surface area contributed by atoms with Crippen LogP contribution in [0.25, 0.3) is 0 Å². The molecule has 1 rings (SSSR count). The van der Waals surface area contributed by atoms with E-state index < -0.39 is 5.97 Å². The van der Waals surface area contributed by atoms with Crippen molar-refractivity contribution in [2.45, 2.75) is 0 Å². The van der Waals surface area contributed by atoms with Crippen LogP contribution in [0.1, 0.15) is 10.4 Å². The quantitative estimate of drug-likeness (QED) is 0.562. The Balaban J connectivity index is 2.93. The van der Waals surface area contributed by atoms with Gasteiger partial charge in [-0.1, -0.05) is 0 Å². The maximum atomic E-state index is 10.5. The Hall–Kier alpha value is -1.84. The fourth-order valence-electron chi connectivity index (χ4n) is 0.901. The van der Waals surface area contributed by atoms with Gasteiger partial charge >= 0.3 is 5.97 Å². The average Bonchev–Trinajstić information content (AvgIpc) is 2.17. The molecule has 0 spiro atoms. The van der Waals surface area contributed by atoms with E-state index in [2.05, 4.69) is 11.8 Å². The summed E-state index contributed by atoms with van der Waals surface area (Å²) in [5, 5.41) is 13.9. The summed E-state index contributed by atoms with van der Waals surface area (Å²) in [5.41, 5.74) is 1.07. The second kappa shape index (κ2) is 3.71. The second-order valence-electron chi connectivity index (χ2n) is 2.52. The highest BCUT2D eigenvalue weighted by Gasteiger charge is 2.02. The van der Waals surface area contributed by atoms with Crippen molar-refractivity contribution >= 4 is 18.4 Å². The smallest absolute Gasteiger partial charge is 0.335 e. The Morgan fingerprint density at radius 1 is 1.46 bits per heavy atom. The number of benzene rings is 1. The summed E-state index contributed by atoms with van der Waals surface area (Å²) in [6, 6.07) is 6.41. The minimum absolute atomic E-state index is 0.265. The van der Waals surface area contributed by atoms with Gasteiger partial charge in [0, 0.05) is 13.8 Å². The van der Waals surface area contributed by atoms with Crippen LogP contribution in [0.2, 0.25) is 0 Å². The van der Waals surface area contributed by atoms with Crippen LogP contribution in [0.3, 0.4) is 0 Å². The summed E-state index contributed by atoms with van der Waals surface area (Å²) in [5.74, 6) is -0.930. The van der Waals surface area contributed by atoms with E-state index in [9.17, 15) is 4.79 Å². The molecule has 0 saturated carbocycles. The largest absolute Gasteiger partial charge is 0.478 e. The molecule has 13 heavy (non-hydrogen) atoms. The van der Waals surface area contributed by atoms with Crippen molar-refractivity contribution in [3.05, 3.63) is 29.8 Å². The van der Waals surface area contributed by atoms with E-state index in [1.807, 2.05) is 0 Å². The van der Waals surface area contributed by atoms with E-state index >= 15 is 0 Å². The lowest BCUT2D eigenvalue weighted by molar-refractivity contribution is 0.0697. The number of hydrogen-bond acceptors (Lipinski definition) is 3. The summed E-state index contributed by atoms with van der Waals surface area (Å²) in [6.45, 7) is 3.35. The van der Waals surface area contributed by atoms with Crippen LogP contribution in [0, 0.1) is 0 Å². The van der Waals surface area contributed by atoms with Crippen LogP contribution >= 0.6 is 0 Å². The van der Waals surface area contributed by atoms with Gasteiger partial charge in [-0.05, 0) is 24.3 Å². The molecule has 0 saturated heterocycles. The van der Waals surface area contributed by atoms with Gasteiger partial charge in [-0.3, -0.25) is 5.01 Å². The molecule has 0 aromatic heterocycles. The first-order valence-electron chi connectivity index (χ1n) is 3.69. The molecule has 0 unspecified atom stereocenters. The number of anilines is 1. The van der Waals surface area contributed by atoms with Crippen molar-refractivity contribution in [1.82, 2.24) is 0 Å². The molecular weight excluding hydrogens is 168 g/mol. The van der Waals surface area contributed by atoms with E-state index in [0.717, 1.165) is 5.69 Å². The maximum absolute atomic E-state index is 10.5. The SMILES string of the molecule is C=NN(C)c1ccc(C(=O)O)cc1. The third-order valence-electron chi connectivity index (χ3n) is 1.70.